The van der Waals surface area contributed by atoms with Crippen LogP contribution in [-0.2, 0) is 17.9 Å². The highest BCUT2D eigenvalue weighted by Gasteiger charge is 2.28. The number of β-amino-alcohol motifs (C(OH)–C–C–N with tert-alkyl or cyclic N) is 1. The highest BCUT2D eigenvalue weighted by atomic mass is 16.5. The van der Waals surface area contributed by atoms with Crippen molar-refractivity contribution in [3.63, 3.8) is 0 Å². The molecule has 1 atom stereocenters. The van der Waals surface area contributed by atoms with Crippen LogP contribution in [0.1, 0.15) is 22.8 Å². The normalized spacial score (nSPS) is 20.2. The summed E-state index contributed by atoms with van der Waals surface area (Å²) < 4.78 is 5.76. The quantitative estimate of drug-likeness (QED) is 0.909. The van der Waals surface area contributed by atoms with Gasteiger partial charge >= 0.3 is 0 Å². The number of benzene rings is 2. The largest absolute Gasteiger partial charge is 0.492 e. The first-order valence-corrected chi connectivity index (χ1v) is 8.67. The zero-order valence-corrected chi connectivity index (χ0v) is 14.1. The van der Waals surface area contributed by atoms with Crippen molar-refractivity contribution >= 4 is 5.91 Å². The van der Waals surface area contributed by atoms with Gasteiger partial charge in [-0.25, -0.2) is 0 Å². The Kier molecular flexibility index (Phi) is 4.42. The van der Waals surface area contributed by atoms with E-state index in [1.54, 1.807) is 4.90 Å². The van der Waals surface area contributed by atoms with Gasteiger partial charge in [-0.15, -0.1) is 0 Å². The van der Waals surface area contributed by atoms with E-state index in [1.165, 1.54) is 0 Å². The highest BCUT2D eigenvalue weighted by Crippen LogP contribution is 2.27. The second-order valence-electron chi connectivity index (χ2n) is 6.66. The molecule has 2 aliphatic rings. The number of hydrogen-bond acceptors (Lipinski definition) is 4. The minimum Gasteiger partial charge on any atom is -0.492 e. The van der Waals surface area contributed by atoms with Gasteiger partial charge in [0.1, 0.15) is 12.4 Å². The van der Waals surface area contributed by atoms with Crippen molar-refractivity contribution in [2.24, 2.45) is 0 Å². The third-order valence-corrected chi connectivity index (χ3v) is 4.91. The molecule has 0 saturated carbocycles. The van der Waals surface area contributed by atoms with Gasteiger partial charge in [0.05, 0.1) is 19.2 Å². The summed E-state index contributed by atoms with van der Waals surface area (Å²) in [5.41, 5.74) is 3.07. The van der Waals surface area contributed by atoms with E-state index in [9.17, 15) is 9.90 Å². The zero-order chi connectivity index (χ0) is 17.2. The van der Waals surface area contributed by atoms with E-state index in [4.69, 9.17) is 4.74 Å². The van der Waals surface area contributed by atoms with Crippen molar-refractivity contribution in [2.75, 3.05) is 26.2 Å². The monoisotopic (exact) mass is 338 g/mol. The highest BCUT2D eigenvalue weighted by molar-refractivity contribution is 5.78. The number of fused-ring (bicyclic) bond motifs is 2. The van der Waals surface area contributed by atoms with Gasteiger partial charge < -0.3 is 14.7 Å². The van der Waals surface area contributed by atoms with Crippen LogP contribution in [0.2, 0.25) is 0 Å². The Morgan fingerprint density at radius 3 is 2.72 bits per heavy atom. The number of carbonyl (C=O) groups is 1. The Bertz CT molecular complexity index is 777. The first kappa shape index (κ1) is 16.1. The lowest BCUT2D eigenvalue weighted by atomic mass is 9.97. The van der Waals surface area contributed by atoms with Crippen molar-refractivity contribution in [2.45, 2.75) is 19.2 Å². The van der Waals surface area contributed by atoms with E-state index in [-0.39, 0.29) is 5.91 Å². The summed E-state index contributed by atoms with van der Waals surface area (Å²) in [6.45, 7) is 3.26. The van der Waals surface area contributed by atoms with Crippen molar-refractivity contribution in [1.82, 2.24) is 9.80 Å². The van der Waals surface area contributed by atoms with Gasteiger partial charge in [-0.3, -0.25) is 9.69 Å². The topological polar surface area (TPSA) is 53.0 Å². The fraction of sp³-hybridized carbons (Fsp3) is 0.350. The second kappa shape index (κ2) is 6.86. The molecule has 2 aromatic rings. The first-order chi connectivity index (χ1) is 12.2. The molecule has 25 heavy (non-hydrogen) atoms. The summed E-state index contributed by atoms with van der Waals surface area (Å²) in [6, 6.07) is 15.8. The molecule has 0 radical (unpaired) electrons. The average molecular weight is 338 g/mol. The number of hydrogen-bond donors (Lipinski definition) is 1. The predicted molar refractivity (Wildman–Crippen MR) is 94.0 cm³/mol. The molecule has 2 aliphatic heterocycles. The SMILES string of the molecule is O=C(CN1CCOc2ccccc2C1)N1Cc2ccccc2[C@@H](O)C1. The molecule has 1 amide bonds. The lowest BCUT2D eigenvalue weighted by molar-refractivity contribution is -0.135. The molecule has 0 aromatic heterocycles. The van der Waals surface area contributed by atoms with Crippen molar-refractivity contribution < 1.29 is 14.6 Å². The number of amides is 1. The van der Waals surface area contributed by atoms with E-state index >= 15 is 0 Å². The summed E-state index contributed by atoms with van der Waals surface area (Å²) in [4.78, 5) is 16.6. The number of aliphatic hydroxyl groups excluding tert-OH is 1. The van der Waals surface area contributed by atoms with Gasteiger partial charge in [0.25, 0.3) is 0 Å². The number of rotatable bonds is 2. The first-order valence-electron chi connectivity index (χ1n) is 8.67. The van der Waals surface area contributed by atoms with Crippen LogP contribution < -0.4 is 4.74 Å². The smallest absolute Gasteiger partial charge is 0.237 e. The van der Waals surface area contributed by atoms with Crippen LogP contribution >= 0.6 is 0 Å². The molecule has 2 heterocycles. The van der Waals surface area contributed by atoms with Crippen LogP contribution in [0.15, 0.2) is 48.5 Å². The third kappa shape index (κ3) is 3.38. The minimum absolute atomic E-state index is 0.0490. The lowest BCUT2D eigenvalue weighted by Crippen LogP contribution is -2.44. The summed E-state index contributed by atoms with van der Waals surface area (Å²) in [7, 11) is 0. The van der Waals surface area contributed by atoms with Crippen molar-refractivity contribution in [1.29, 1.82) is 0 Å². The molecular weight excluding hydrogens is 316 g/mol. The van der Waals surface area contributed by atoms with Gasteiger partial charge in [-0.05, 0) is 17.2 Å². The van der Waals surface area contributed by atoms with Crippen LogP contribution in [0.5, 0.6) is 5.75 Å². The lowest BCUT2D eigenvalue weighted by Gasteiger charge is -2.33. The molecule has 5 heteroatoms. The summed E-state index contributed by atoms with van der Waals surface area (Å²) in [6.07, 6.45) is -0.609. The van der Waals surface area contributed by atoms with E-state index in [1.807, 2.05) is 48.5 Å². The minimum atomic E-state index is -0.609. The number of para-hydroxylation sites is 1. The van der Waals surface area contributed by atoms with Gasteiger partial charge in [-0.1, -0.05) is 42.5 Å². The molecule has 0 aliphatic carbocycles. The number of aliphatic hydroxyl groups is 1. The molecule has 4 rings (SSSR count). The molecular formula is C20H22N2O3. The van der Waals surface area contributed by atoms with E-state index in [2.05, 4.69) is 4.90 Å². The van der Waals surface area contributed by atoms with Crippen LogP contribution in [-0.4, -0.2) is 47.1 Å². The van der Waals surface area contributed by atoms with Gasteiger partial charge in [0.15, 0.2) is 0 Å². The number of ether oxygens (including phenoxy) is 1. The van der Waals surface area contributed by atoms with Gasteiger partial charge in [0, 0.05) is 25.2 Å². The molecule has 2 aromatic carbocycles. The second-order valence-corrected chi connectivity index (χ2v) is 6.66. The molecule has 0 bridgehead atoms. The Morgan fingerprint density at radius 1 is 1.08 bits per heavy atom. The van der Waals surface area contributed by atoms with Crippen molar-refractivity contribution in [3.8, 4) is 5.75 Å². The van der Waals surface area contributed by atoms with Gasteiger partial charge in [-0.2, -0.15) is 0 Å². The predicted octanol–water partition coefficient (Wildman–Crippen LogP) is 1.96. The molecule has 130 valence electrons. The summed E-state index contributed by atoms with van der Waals surface area (Å²) in [5, 5.41) is 10.3. The Hall–Kier alpha value is -2.37. The third-order valence-electron chi connectivity index (χ3n) is 4.91. The zero-order valence-electron chi connectivity index (χ0n) is 14.1. The maximum absolute atomic E-state index is 12.8. The van der Waals surface area contributed by atoms with Gasteiger partial charge in [0.2, 0.25) is 5.91 Å². The Balaban J connectivity index is 1.44. The summed E-state index contributed by atoms with van der Waals surface area (Å²) in [5.74, 6) is 0.952. The Morgan fingerprint density at radius 2 is 1.84 bits per heavy atom. The standard InChI is InChI=1S/C20H22N2O3/c23-18-13-22(12-15-5-1-3-7-17(15)18)20(24)14-21-9-10-25-19-8-4-2-6-16(19)11-21/h1-8,18,23H,9-14H2/t18-/m0/s1. The molecule has 0 fully saturated rings. The van der Waals surface area contributed by atoms with E-state index in [0.717, 1.165) is 22.4 Å². The average Bonchev–Trinajstić information content (AvgIpc) is 2.83. The van der Waals surface area contributed by atoms with E-state index in [0.29, 0.717) is 39.3 Å². The van der Waals surface area contributed by atoms with E-state index < -0.39 is 6.10 Å². The molecule has 1 N–H and O–H groups in total. The molecule has 0 spiro atoms. The van der Waals surface area contributed by atoms with Crippen molar-refractivity contribution in [3.05, 3.63) is 65.2 Å². The maximum atomic E-state index is 12.8. The fourth-order valence-corrected chi connectivity index (χ4v) is 3.58. The van der Waals surface area contributed by atoms with Crippen LogP contribution in [0.3, 0.4) is 0 Å². The molecule has 0 unspecified atom stereocenters. The maximum Gasteiger partial charge on any atom is 0.237 e. The van der Waals surface area contributed by atoms with Crippen LogP contribution in [0.25, 0.3) is 0 Å². The summed E-state index contributed by atoms with van der Waals surface area (Å²) >= 11 is 0. The molecule has 0 saturated heterocycles. The number of nitrogens with zero attached hydrogens (tertiary/aromatic N) is 2. The van der Waals surface area contributed by atoms with Crippen LogP contribution in [0.4, 0.5) is 0 Å². The Labute approximate surface area is 147 Å². The fourth-order valence-electron chi connectivity index (χ4n) is 3.58. The van der Waals surface area contributed by atoms with Crippen LogP contribution in [0, 0.1) is 0 Å². The molecule has 5 nitrogen and oxygen atoms in total. The number of carbonyl (C=O) groups excluding carboxylic acids is 1.